The van der Waals surface area contributed by atoms with Gasteiger partial charge < -0.3 is 15.7 Å². The standard InChI is InChI=1S/C12H18FN3O/c1-8(2)16(5-6-17)11-4-3-9(13)7-10(11)12(14)15/h3-4,7-8,17H,5-6H2,1-2H3,(H3,14,15). The van der Waals surface area contributed by atoms with Crippen LogP contribution < -0.4 is 10.6 Å². The number of amidine groups is 1. The van der Waals surface area contributed by atoms with E-state index in [0.717, 1.165) is 0 Å². The topological polar surface area (TPSA) is 73.3 Å². The molecule has 0 atom stereocenters. The molecule has 1 aromatic rings. The van der Waals surface area contributed by atoms with E-state index >= 15 is 0 Å². The Morgan fingerprint density at radius 2 is 2.18 bits per heavy atom. The Morgan fingerprint density at radius 3 is 2.65 bits per heavy atom. The van der Waals surface area contributed by atoms with Gasteiger partial charge >= 0.3 is 0 Å². The van der Waals surface area contributed by atoms with Gasteiger partial charge in [-0.2, -0.15) is 0 Å². The zero-order chi connectivity index (χ0) is 13.0. The van der Waals surface area contributed by atoms with E-state index in [1.807, 2.05) is 18.7 Å². The molecule has 0 saturated heterocycles. The van der Waals surface area contributed by atoms with Crippen molar-refractivity contribution in [3.8, 4) is 0 Å². The first-order valence-electron chi connectivity index (χ1n) is 5.48. The van der Waals surface area contributed by atoms with Crippen LogP contribution in [0.5, 0.6) is 0 Å². The lowest BCUT2D eigenvalue weighted by atomic mass is 10.1. The van der Waals surface area contributed by atoms with Crippen molar-refractivity contribution in [1.82, 2.24) is 0 Å². The summed E-state index contributed by atoms with van der Waals surface area (Å²) in [5.41, 5.74) is 6.47. The third-order valence-electron chi connectivity index (χ3n) is 2.52. The number of hydrogen-bond donors (Lipinski definition) is 3. The Balaban J connectivity index is 3.22. The largest absolute Gasteiger partial charge is 0.395 e. The molecule has 4 N–H and O–H groups in total. The Labute approximate surface area is 100 Å². The van der Waals surface area contributed by atoms with Crippen LogP contribution in [0.4, 0.5) is 10.1 Å². The molecule has 4 nitrogen and oxygen atoms in total. The van der Waals surface area contributed by atoms with Crippen molar-refractivity contribution in [1.29, 1.82) is 5.41 Å². The number of aliphatic hydroxyl groups excluding tert-OH is 1. The zero-order valence-electron chi connectivity index (χ0n) is 10.1. The molecular weight excluding hydrogens is 221 g/mol. The second-order valence-electron chi connectivity index (χ2n) is 4.09. The molecule has 0 bridgehead atoms. The van der Waals surface area contributed by atoms with Crippen molar-refractivity contribution in [2.24, 2.45) is 5.73 Å². The summed E-state index contributed by atoms with van der Waals surface area (Å²) in [7, 11) is 0. The predicted molar refractivity (Wildman–Crippen MR) is 67.0 cm³/mol. The number of aliphatic hydroxyl groups is 1. The normalized spacial score (nSPS) is 10.6. The molecule has 0 spiro atoms. The van der Waals surface area contributed by atoms with E-state index in [1.54, 1.807) is 6.07 Å². The molecule has 0 aliphatic rings. The van der Waals surface area contributed by atoms with Gasteiger partial charge in [-0.25, -0.2) is 4.39 Å². The Bertz CT molecular complexity index is 407. The second-order valence-corrected chi connectivity index (χ2v) is 4.09. The first-order valence-corrected chi connectivity index (χ1v) is 5.48. The summed E-state index contributed by atoms with van der Waals surface area (Å²) in [6.07, 6.45) is 0. The number of halogens is 1. The highest BCUT2D eigenvalue weighted by Gasteiger charge is 2.16. The van der Waals surface area contributed by atoms with Gasteiger partial charge in [0.2, 0.25) is 0 Å². The molecule has 0 aromatic heterocycles. The molecule has 0 unspecified atom stereocenters. The van der Waals surface area contributed by atoms with Crippen LogP contribution in [0.2, 0.25) is 0 Å². The third kappa shape index (κ3) is 3.17. The summed E-state index contributed by atoms with van der Waals surface area (Å²) in [6, 6.07) is 4.28. The summed E-state index contributed by atoms with van der Waals surface area (Å²) in [5, 5.41) is 16.5. The number of benzene rings is 1. The van der Waals surface area contributed by atoms with E-state index in [1.165, 1.54) is 12.1 Å². The second kappa shape index (κ2) is 5.63. The molecule has 17 heavy (non-hydrogen) atoms. The van der Waals surface area contributed by atoms with E-state index in [9.17, 15) is 4.39 Å². The van der Waals surface area contributed by atoms with Gasteiger partial charge in [-0.15, -0.1) is 0 Å². The fourth-order valence-corrected chi connectivity index (χ4v) is 1.74. The highest BCUT2D eigenvalue weighted by molar-refractivity contribution is 6.00. The molecule has 0 aliphatic heterocycles. The fraction of sp³-hybridized carbons (Fsp3) is 0.417. The first kappa shape index (κ1) is 13.4. The van der Waals surface area contributed by atoms with E-state index in [0.29, 0.717) is 17.8 Å². The minimum absolute atomic E-state index is 0.00704. The van der Waals surface area contributed by atoms with E-state index < -0.39 is 5.82 Å². The molecule has 0 radical (unpaired) electrons. The van der Waals surface area contributed by atoms with Gasteiger partial charge in [-0.3, -0.25) is 5.41 Å². The lowest BCUT2D eigenvalue weighted by Crippen LogP contribution is -2.35. The molecule has 5 heteroatoms. The SMILES string of the molecule is CC(C)N(CCO)c1ccc(F)cc1C(=N)N. The van der Waals surface area contributed by atoms with Gasteiger partial charge in [0, 0.05) is 23.8 Å². The lowest BCUT2D eigenvalue weighted by molar-refractivity contribution is 0.299. The van der Waals surface area contributed by atoms with Crippen molar-refractivity contribution < 1.29 is 9.50 Å². The monoisotopic (exact) mass is 239 g/mol. The minimum Gasteiger partial charge on any atom is -0.395 e. The van der Waals surface area contributed by atoms with Crippen molar-refractivity contribution in [3.63, 3.8) is 0 Å². The van der Waals surface area contributed by atoms with Gasteiger partial charge in [-0.05, 0) is 32.0 Å². The number of hydrogen-bond acceptors (Lipinski definition) is 3. The number of nitrogens with zero attached hydrogens (tertiary/aromatic N) is 1. The summed E-state index contributed by atoms with van der Waals surface area (Å²) in [6.45, 7) is 4.34. The Hall–Kier alpha value is -1.62. The Morgan fingerprint density at radius 1 is 1.53 bits per heavy atom. The number of rotatable bonds is 5. The van der Waals surface area contributed by atoms with Crippen molar-refractivity contribution in [2.75, 3.05) is 18.1 Å². The molecule has 0 fully saturated rings. The molecule has 1 rings (SSSR count). The summed E-state index contributed by atoms with van der Waals surface area (Å²) >= 11 is 0. The molecule has 0 saturated carbocycles. The van der Waals surface area contributed by atoms with Crippen LogP contribution in [0.1, 0.15) is 19.4 Å². The summed E-state index contributed by atoms with van der Waals surface area (Å²) < 4.78 is 13.1. The highest BCUT2D eigenvalue weighted by atomic mass is 19.1. The smallest absolute Gasteiger partial charge is 0.125 e. The third-order valence-corrected chi connectivity index (χ3v) is 2.52. The van der Waals surface area contributed by atoms with Crippen LogP contribution in [-0.4, -0.2) is 30.1 Å². The van der Waals surface area contributed by atoms with Crippen LogP contribution in [0.15, 0.2) is 18.2 Å². The molecular formula is C12H18FN3O. The first-order chi connectivity index (χ1) is 7.97. The summed E-state index contributed by atoms with van der Waals surface area (Å²) in [5.74, 6) is -0.602. The lowest BCUT2D eigenvalue weighted by Gasteiger charge is -2.30. The predicted octanol–water partition coefficient (Wildman–Crippen LogP) is 1.32. The molecule has 1 aromatic carbocycles. The van der Waals surface area contributed by atoms with Crippen molar-refractivity contribution in [2.45, 2.75) is 19.9 Å². The number of nitrogen functional groups attached to an aromatic ring is 1. The maximum absolute atomic E-state index is 13.1. The van der Waals surface area contributed by atoms with Crippen molar-refractivity contribution >= 4 is 11.5 Å². The maximum Gasteiger partial charge on any atom is 0.125 e. The van der Waals surface area contributed by atoms with Crippen LogP contribution >= 0.6 is 0 Å². The van der Waals surface area contributed by atoms with E-state index in [2.05, 4.69) is 0 Å². The zero-order valence-corrected chi connectivity index (χ0v) is 10.1. The van der Waals surface area contributed by atoms with Crippen LogP contribution in [0.3, 0.4) is 0 Å². The average Bonchev–Trinajstić information content (AvgIpc) is 2.26. The van der Waals surface area contributed by atoms with E-state index in [4.69, 9.17) is 16.2 Å². The van der Waals surface area contributed by atoms with Gasteiger partial charge in [0.25, 0.3) is 0 Å². The van der Waals surface area contributed by atoms with Crippen LogP contribution in [-0.2, 0) is 0 Å². The Kier molecular flexibility index (Phi) is 4.45. The minimum atomic E-state index is -0.424. The molecule has 94 valence electrons. The van der Waals surface area contributed by atoms with Gasteiger partial charge in [0.15, 0.2) is 0 Å². The van der Waals surface area contributed by atoms with Crippen LogP contribution in [0, 0.1) is 11.2 Å². The average molecular weight is 239 g/mol. The van der Waals surface area contributed by atoms with Crippen LogP contribution in [0.25, 0.3) is 0 Å². The molecule has 0 aliphatic carbocycles. The van der Waals surface area contributed by atoms with E-state index in [-0.39, 0.29) is 18.5 Å². The number of anilines is 1. The quantitative estimate of drug-likeness (QED) is 0.536. The molecule has 0 heterocycles. The van der Waals surface area contributed by atoms with Gasteiger partial charge in [0.1, 0.15) is 11.7 Å². The maximum atomic E-state index is 13.1. The summed E-state index contributed by atoms with van der Waals surface area (Å²) in [4.78, 5) is 1.89. The van der Waals surface area contributed by atoms with Gasteiger partial charge in [-0.1, -0.05) is 0 Å². The number of nitrogens with two attached hydrogens (primary N) is 1. The van der Waals surface area contributed by atoms with Crippen molar-refractivity contribution in [3.05, 3.63) is 29.6 Å². The van der Waals surface area contributed by atoms with Gasteiger partial charge in [0.05, 0.1) is 6.61 Å². The number of nitrogens with one attached hydrogen (secondary N) is 1. The molecule has 0 amide bonds. The highest BCUT2D eigenvalue weighted by Crippen LogP contribution is 2.23. The fourth-order valence-electron chi connectivity index (χ4n) is 1.74.